The number of rotatable bonds is 6. The van der Waals surface area contributed by atoms with Crippen LogP contribution in [0.15, 0.2) is 0 Å². The molecule has 0 aromatic heterocycles. The standard InChI is InChI=1S/C12H23N3O2/c1-13-11(16)10-14(2)7-5-6-12(17)15-8-3-4-9-15/h3-10H2,1-2H3,(H,13,16). The fourth-order valence-corrected chi connectivity index (χ4v) is 2.03. The highest BCUT2D eigenvalue weighted by Gasteiger charge is 2.17. The fourth-order valence-electron chi connectivity index (χ4n) is 2.03. The van der Waals surface area contributed by atoms with Crippen LogP contribution in [0.1, 0.15) is 25.7 Å². The molecule has 0 aromatic rings. The van der Waals surface area contributed by atoms with Crippen molar-refractivity contribution in [3.63, 3.8) is 0 Å². The first-order chi connectivity index (χ1) is 8.13. The van der Waals surface area contributed by atoms with Gasteiger partial charge in [0.15, 0.2) is 0 Å². The normalized spacial score (nSPS) is 15.4. The molecule has 1 aliphatic heterocycles. The highest BCUT2D eigenvalue weighted by molar-refractivity contribution is 5.77. The van der Waals surface area contributed by atoms with Crippen LogP contribution in [-0.2, 0) is 9.59 Å². The van der Waals surface area contributed by atoms with E-state index in [9.17, 15) is 9.59 Å². The predicted octanol–water partition coefficient (Wildman–Crippen LogP) is 0.0668. The zero-order valence-electron chi connectivity index (χ0n) is 10.9. The first kappa shape index (κ1) is 14.0. The van der Waals surface area contributed by atoms with E-state index >= 15 is 0 Å². The SMILES string of the molecule is CNC(=O)CN(C)CCCC(=O)N1CCCC1. The highest BCUT2D eigenvalue weighted by Crippen LogP contribution is 2.09. The summed E-state index contributed by atoms with van der Waals surface area (Å²) in [7, 11) is 3.53. The molecule has 0 aliphatic carbocycles. The third-order valence-electron chi connectivity index (χ3n) is 3.08. The van der Waals surface area contributed by atoms with Crippen LogP contribution in [0.4, 0.5) is 0 Å². The van der Waals surface area contributed by atoms with E-state index in [4.69, 9.17) is 0 Å². The van der Waals surface area contributed by atoms with E-state index in [0.717, 1.165) is 38.9 Å². The van der Waals surface area contributed by atoms with Crippen molar-refractivity contribution in [2.45, 2.75) is 25.7 Å². The summed E-state index contributed by atoms with van der Waals surface area (Å²) in [6, 6.07) is 0. The van der Waals surface area contributed by atoms with E-state index < -0.39 is 0 Å². The number of nitrogens with zero attached hydrogens (tertiary/aromatic N) is 2. The van der Waals surface area contributed by atoms with E-state index in [2.05, 4.69) is 5.32 Å². The molecule has 0 saturated carbocycles. The molecule has 1 fully saturated rings. The Labute approximate surface area is 103 Å². The summed E-state index contributed by atoms with van der Waals surface area (Å²) < 4.78 is 0. The van der Waals surface area contributed by atoms with Gasteiger partial charge in [-0.3, -0.25) is 14.5 Å². The van der Waals surface area contributed by atoms with Crippen LogP contribution in [0.2, 0.25) is 0 Å². The van der Waals surface area contributed by atoms with Gasteiger partial charge in [0, 0.05) is 26.6 Å². The topological polar surface area (TPSA) is 52.7 Å². The van der Waals surface area contributed by atoms with E-state index in [1.54, 1.807) is 7.05 Å². The molecule has 5 nitrogen and oxygen atoms in total. The molecule has 1 saturated heterocycles. The zero-order chi connectivity index (χ0) is 12.7. The number of hydrogen-bond acceptors (Lipinski definition) is 3. The molecule has 1 rings (SSSR count). The molecular weight excluding hydrogens is 218 g/mol. The molecule has 1 N–H and O–H groups in total. The van der Waals surface area contributed by atoms with Crippen LogP contribution in [0.25, 0.3) is 0 Å². The summed E-state index contributed by atoms with van der Waals surface area (Å²) >= 11 is 0. The van der Waals surface area contributed by atoms with Crippen LogP contribution in [0.3, 0.4) is 0 Å². The van der Waals surface area contributed by atoms with Gasteiger partial charge in [-0.1, -0.05) is 0 Å². The van der Waals surface area contributed by atoms with Gasteiger partial charge in [-0.2, -0.15) is 0 Å². The summed E-state index contributed by atoms with van der Waals surface area (Å²) in [6.45, 7) is 3.03. The van der Waals surface area contributed by atoms with Crippen molar-refractivity contribution >= 4 is 11.8 Å². The van der Waals surface area contributed by atoms with Gasteiger partial charge < -0.3 is 10.2 Å². The van der Waals surface area contributed by atoms with Crippen molar-refractivity contribution in [1.82, 2.24) is 15.1 Å². The average molecular weight is 241 g/mol. The quantitative estimate of drug-likeness (QED) is 0.716. The van der Waals surface area contributed by atoms with E-state index in [0.29, 0.717) is 13.0 Å². The van der Waals surface area contributed by atoms with E-state index in [-0.39, 0.29) is 11.8 Å². The van der Waals surface area contributed by atoms with E-state index in [1.807, 2.05) is 16.8 Å². The number of hydrogen-bond donors (Lipinski definition) is 1. The fraction of sp³-hybridized carbons (Fsp3) is 0.833. The number of nitrogens with one attached hydrogen (secondary N) is 1. The molecule has 0 atom stereocenters. The van der Waals surface area contributed by atoms with Crippen LogP contribution in [0, 0.1) is 0 Å². The monoisotopic (exact) mass is 241 g/mol. The molecule has 98 valence electrons. The third kappa shape index (κ3) is 5.17. The maximum absolute atomic E-state index is 11.7. The second kappa shape index (κ2) is 7.27. The second-order valence-corrected chi connectivity index (χ2v) is 4.60. The van der Waals surface area contributed by atoms with Crippen LogP contribution in [0.5, 0.6) is 0 Å². The minimum Gasteiger partial charge on any atom is -0.358 e. The number of likely N-dealkylation sites (tertiary alicyclic amines) is 1. The van der Waals surface area contributed by atoms with Crippen LogP contribution >= 0.6 is 0 Å². The predicted molar refractivity (Wildman–Crippen MR) is 66.6 cm³/mol. The van der Waals surface area contributed by atoms with Gasteiger partial charge in [0.1, 0.15) is 0 Å². The minimum atomic E-state index is 0.0124. The van der Waals surface area contributed by atoms with Gasteiger partial charge in [-0.05, 0) is 32.9 Å². The van der Waals surface area contributed by atoms with Gasteiger partial charge in [-0.25, -0.2) is 0 Å². The Morgan fingerprint density at radius 3 is 2.53 bits per heavy atom. The first-order valence-electron chi connectivity index (χ1n) is 6.30. The maximum Gasteiger partial charge on any atom is 0.233 e. The van der Waals surface area contributed by atoms with Crippen LogP contribution in [-0.4, -0.2) is 61.9 Å². The average Bonchev–Trinajstić information content (AvgIpc) is 2.82. The molecule has 1 heterocycles. The van der Waals surface area contributed by atoms with E-state index in [1.165, 1.54) is 0 Å². The smallest absolute Gasteiger partial charge is 0.233 e. The van der Waals surface area contributed by atoms with Gasteiger partial charge in [-0.15, -0.1) is 0 Å². The minimum absolute atomic E-state index is 0.0124. The Bertz CT molecular complexity index is 262. The molecule has 2 amide bonds. The summed E-state index contributed by atoms with van der Waals surface area (Å²) in [5.74, 6) is 0.272. The first-order valence-corrected chi connectivity index (χ1v) is 6.30. The number of carbonyl (C=O) groups excluding carboxylic acids is 2. The molecule has 0 bridgehead atoms. The number of carbonyl (C=O) groups is 2. The Hall–Kier alpha value is -1.10. The van der Waals surface area contributed by atoms with Gasteiger partial charge in [0.25, 0.3) is 0 Å². The van der Waals surface area contributed by atoms with Crippen molar-refractivity contribution in [2.24, 2.45) is 0 Å². The summed E-state index contributed by atoms with van der Waals surface area (Å²) in [6.07, 6.45) is 3.70. The lowest BCUT2D eigenvalue weighted by Crippen LogP contribution is -2.34. The maximum atomic E-state index is 11.7. The van der Waals surface area contributed by atoms with Crippen molar-refractivity contribution in [3.05, 3.63) is 0 Å². The van der Waals surface area contributed by atoms with Crippen molar-refractivity contribution in [3.8, 4) is 0 Å². The Balaban J connectivity index is 2.10. The van der Waals surface area contributed by atoms with Crippen LogP contribution < -0.4 is 5.32 Å². The molecule has 17 heavy (non-hydrogen) atoms. The zero-order valence-corrected chi connectivity index (χ0v) is 10.9. The molecule has 0 aromatic carbocycles. The molecule has 0 radical (unpaired) electrons. The highest BCUT2D eigenvalue weighted by atomic mass is 16.2. The summed E-state index contributed by atoms with van der Waals surface area (Å²) in [4.78, 5) is 26.7. The molecule has 0 unspecified atom stereocenters. The Morgan fingerprint density at radius 1 is 1.29 bits per heavy atom. The number of likely N-dealkylation sites (N-methyl/N-ethyl adjacent to an activating group) is 2. The Morgan fingerprint density at radius 2 is 1.94 bits per heavy atom. The molecular formula is C12H23N3O2. The molecule has 1 aliphatic rings. The third-order valence-corrected chi connectivity index (χ3v) is 3.08. The second-order valence-electron chi connectivity index (χ2n) is 4.60. The lowest BCUT2D eigenvalue weighted by atomic mass is 10.2. The Kier molecular flexibility index (Phi) is 5.97. The molecule has 0 spiro atoms. The van der Waals surface area contributed by atoms with Gasteiger partial charge >= 0.3 is 0 Å². The lowest BCUT2D eigenvalue weighted by molar-refractivity contribution is -0.130. The van der Waals surface area contributed by atoms with Gasteiger partial charge in [0.05, 0.1) is 6.54 Å². The summed E-state index contributed by atoms with van der Waals surface area (Å²) in [5, 5.41) is 2.58. The van der Waals surface area contributed by atoms with Crippen molar-refractivity contribution < 1.29 is 9.59 Å². The number of amides is 2. The van der Waals surface area contributed by atoms with Gasteiger partial charge in [0.2, 0.25) is 11.8 Å². The largest absolute Gasteiger partial charge is 0.358 e. The van der Waals surface area contributed by atoms with Crippen molar-refractivity contribution in [1.29, 1.82) is 0 Å². The van der Waals surface area contributed by atoms with Crippen molar-refractivity contribution in [2.75, 3.05) is 40.3 Å². The summed E-state index contributed by atoms with van der Waals surface area (Å²) in [5.41, 5.74) is 0. The molecule has 5 heteroatoms. The lowest BCUT2D eigenvalue weighted by Gasteiger charge is -2.17.